The van der Waals surface area contributed by atoms with Gasteiger partial charge in [-0.2, -0.15) is 0 Å². The maximum absolute atomic E-state index is 11.8. The largest absolute Gasteiger partial charge is 0.399 e. The van der Waals surface area contributed by atoms with E-state index in [1.807, 2.05) is 6.07 Å². The van der Waals surface area contributed by atoms with Crippen LogP contribution in [0.1, 0.15) is 6.92 Å². The van der Waals surface area contributed by atoms with Crippen molar-refractivity contribution in [2.45, 2.75) is 6.92 Å². The van der Waals surface area contributed by atoms with Crippen molar-refractivity contribution in [2.75, 3.05) is 11.1 Å². The lowest BCUT2D eigenvalue weighted by molar-refractivity contribution is -0.114. The Kier molecular flexibility index (Phi) is 3.33. The SMILES string of the molecule is CC(=O)Nc1nc(-c2cccc(N)c2)cn(C)c1=O. The number of aromatic nitrogens is 2. The number of carbonyl (C=O) groups is 1. The number of nitrogen functional groups attached to an aromatic ring is 1. The van der Waals surface area contributed by atoms with Crippen molar-refractivity contribution in [1.82, 2.24) is 9.55 Å². The Hall–Kier alpha value is -2.63. The first-order valence-corrected chi connectivity index (χ1v) is 5.68. The fourth-order valence-corrected chi connectivity index (χ4v) is 1.69. The van der Waals surface area contributed by atoms with Crippen LogP contribution in [-0.2, 0) is 11.8 Å². The zero-order chi connectivity index (χ0) is 14.0. The molecule has 0 bridgehead atoms. The number of nitrogens with two attached hydrogens (primary N) is 1. The summed E-state index contributed by atoms with van der Waals surface area (Å²) in [5.74, 6) is -0.329. The van der Waals surface area contributed by atoms with Crippen molar-refractivity contribution in [3.05, 3.63) is 40.8 Å². The van der Waals surface area contributed by atoms with Gasteiger partial charge in [-0.1, -0.05) is 12.1 Å². The third-order valence-corrected chi connectivity index (χ3v) is 2.55. The summed E-state index contributed by atoms with van der Waals surface area (Å²) in [6, 6.07) is 7.15. The summed E-state index contributed by atoms with van der Waals surface area (Å²) in [5, 5.41) is 2.42. The van der Waals surface area contributed by atoms with Crippen molar-refractivity contribution in [3.8, 4) is 11.3 Å². The summed E-state index contributed by atoms with van der Waals surface area (Å²) in [6.07, 6.45) is 1.60. The summed E-state index contributed by atoms with van der Waals surface area (Å²) >= 11 is 0. The van der Waals surface area contributed by atoms with E-state index in [2.05, 4.69) is 10.3 Å². The minimum absolute atomic E-state index is 0.00919. The van der Waals surface area contributed by atoms with Crippen LogP contribution >= 0.6 is 0 Å². The van der Waals surface area contributed by atoms with E-state index in [1.54, 1.807) is 31.4 Å². The number of aryl methyl sites for hydroxylation is 1. The number of nitrogens with zero attached hydrogens (tertiary/aromatic N) is 2. The highest BCUT2D eigenvalue weighted by Crippen LogP contribution is 2.19. The molecule has 0 aliphatic carbocycles. The number of benzene rings is 1. The average Bonchev–Trinajstić information content (AvgIpc) is 2.34. The zero-order valence-electron chi connectivity index (χ0n) is 10.7. The molecule has 2 aromatic rings. The van der Waals surface area contributed by atoms with Crippen LogP contribution < -0.4 is 16.6 Å². The quantitative estimate of drug-likeness (QED) is 0.786. The maximum Gasteiger partial charge on any atom is 0.293 e. The van der Waals surface area contributed by atoms with Gasteiger partial charge >= 0.3 is 0 Å². The number of hydrogen-bond acceptors (Lipinski definition) is 4. The fraction of sp³-hybridized carbons (Fsp3) is 0.154. The van der Waals surface area contributed by atoms with E-state index in [1.165, 1.54) is 11.5 Å². The Bertz CT molecular complexity index is 691. The molecule has 98 valence electrons. The molecule has 0 aliphatic rings. The van der Waals surface area contributed by atoms with Gasteiger partial charge in [0.1, 0.15) is 0 Å². The van der Waals surface area contributed by atoms with E-state index in [0.29, 0.717) is 11.4 Å². The molecule has 0 atom stereocenters. The molecule has 6 nitrogen and oxygen atoms in total. The van der Waals surface area contributed by atoms with Gasteiger partial charge in [0.05, 0.1) is 5.69 Å². The predicted octanol–water partition coefficient (Wildman–Crippen LogP) is 0.988. The molecule has 0 aliphatic heterocycles. The van der Waals surface area contributed by atoms with Crippen LogP contribution in [0.15, 0.2) is 35.3 Å². The van der Waals surface area contributed by atoms with Gasteiger partial charge in [-0.3, -0.25) is 9.59 Å². The number of rotatable bonds is 2. The van der Waals surface area contributed by atoms with Crippen molar-refractivity contribution < 1.29 is 4.79 Å². The minimum Gasteiger partial charge on any atom is -0.399 e. The molecule has 0 unspecified atom stereocenters. The molecule has 6 heteroatoms. The van der Waals surface area contributed by atoms with E-state index >= 15 is 0 Å². The zero-order valence-corrected chi connectivity index (χ0v) is 10.7. The van der Waals surface area contributed by atoms with Gasteiger partial charge in [-0.15, -0.1) is 0 Å². The number of nitrogens with one attached hydrogen (secondary N) is 1. The second-order valence-corrected chi connectivity index (χ2v) is 4.20. The van der Waals surface area contributed by atoms with E-state index in [4.69, 9.17) is 5.73 Å². The Morgan fingerprint density at radius 1 is 1.42 bits per heavy atom. The van der Waals surface area contributed by atoms with Gasteiger partial charge in [-0.25, -0.2) is 4.98 Å². The van der Waals surface area contributed by atoms with Gasteiger partial charge in [0.2, 0.25) is 5.91 Å². The summed E-state index contributed by atoms with van der Waals surface area (Å²) in [6.45, 7) is 1.33. The Labute approximate surface area is 109 Å². The third-order valence-electron chi connectivity index (χ3n) is 2.55. The molecule has 0 saturated heterocycles. The van der Waals surface area contributed by atoms with E-state index < -0.39 is 0 Å². The molecule has 1 aromatic carbocycles. The monoisotopic (exact) mass is 258 g/mol. The van der Waals surface area contributed by atoms with Crippen molar-refractivity contribution in [3.63, 3.8) is 0 Å². The molecular formula is C13H14N4O2. The van der Waals surface area contributed by atoms with Gasteiger partial charge in [-0.05, 0) is 12.1 Å². The van der Waals surface area contributed by atoms with Crippen LogP contribution in [0.25, 0.3) is 11.3 Å². The second-order valence-electron chi connectivity index (χ2n) is 4.20. The molecular weight excluding hydrogens is 244 g/mol. The third kappa shape index (κ3) is 2.79. The van der Waals surface area contributed by atoms with Gasteiger partial charge in [0.25, 0.3) is 5.56 Å². The van der Waals surface area contributed by atoms with Crippen LogP contribution in [0.5, 0.6) is 0 Å². The number of anilines is 2. The van der Waals surface area contributed by atoms with Gasteiger partial charge < -0.3 is 15.6 Å². The second kappa shape index (κ2) is 4.93. The molecule has 0 saturated carbocycles. The number of amides is 1. The van der Waals surface area contributed by atoms with Gasteiger partial charge in [0.15, 0.2) is 5.82 Å². The molecule has 1 amide bonds. The smallest absolute Gasteiger partial charge is 0.293 e. The van der Waals surface area contributed by atoms with Crippen LogP contribution in [0.4, 0.5) is 11.5 Å². The van der Waals surface area contributed by atoms with Crippen molar-refractivity contribution in [1.29, 1.82) is 0 Å². The maximum atomic E-state index is 11.8. The van der Waals surface area contributed by atoms with Gasteiger partial charge in [0, 0.05) is 31.4 Å². The molecule has 19 heavy (non-hydrogen) atoms. The first-order valence-electron chi connectivity index (χ1n) is 5.68. The normalized spacial score (nSPS) is 10.2. The highest BCUT2D eigenvalue weighted by molar-refractivity contribution is 5.87. The highest BCUT2D eigenvalue weighted by Gasteiger charge is 2.09. The number of carbonyl (C=O) groups excluding carboxylic acids is 1. The highest BCUT2D eigenvalue weighted by atomic mass is 16.2. The molecule has 0 spiro atoms. The summed E-state index contributed by atoms with van der Waals surface area (Å²) < 4.78 is 1.37. The summed E-state index contributed by atoms with van der Waals surface area (Å²) in [7, 11) is 1.60. The van der Waals surface area contributed by atoms with E-state index in [-0.39, 0.29) is 17.3 Å². The lowest BCUT2D eigenvalue weighted by Crippen LogP contribution is -2.24. The molecule has 0 fully saturated rings. The van der Waals surface area contributed by atoms with E-state index in [9.17, 15) is 9.59 Å². The van der Waals surface area contributed by atoms with Crippen LogP contribution in [0.3, 0.4) is 0 Å². The van der Waals surface area contributed by atoms with E-state index in [0.717, 1.165) is 5.56 Å². The molecule has 1 aromatic heterocycles. The average molecular weight is 258 g/mol. The Morgan fingerprint density at radius 3 is 2.79 bits per heavy atom. The summed E-state index contributed by atoms with van der Waals surface area (Å²) in [4.78, 5) is 27.0. The topological polar surface area (TPSA) is 90.0 Å². The molecule has 2 rings (SSSR count). The Morgan fingerprint density at radius 2 is 2.16 bits per heavy atom. The van der Waals surface area contributed by atoms with Crippen LogP contribution in [0, 0.1) is 0 Å². The lowest BCUT2D eigenvalue weighted by atomic mass is 10.1. The lowest BCUT2D eigenvalue weighted by Gasteiger charge is -2.08. The Balaban J connectivity index is 2.56. The van der Waals surface area contributed by atoms with Crippen molar-refractivity contribution in [2.24, 2.45) is 7.05 Å². The molecule has 0 radical (unpaired) electrons. The molecule has 1 heterocycles. The first kappa shape index (κ1) is 12.8. The predicted molar refractivity (Wildman–Crippen MR) is 73.6 cm³/mol. The van der Waals surface area contributed by atoms with Crippen LogP contribution in [0.2, 0.25) is 0 Å². The fourth-order valence-electron chi connectivity index (χ4n) is 1.69. The first-order chi connectivity index (χ1) is 8.97. The summed E-state index contributed by atoms with van der Waals surface area (Å²) in [5.41, 5.74) is 7.31. The van der Waals surface area contributed by atoms with Crippen molar-refractivity contribution >= 4 is 17.4 Å². The minimum atomic E-state index is -0.358. The van der Waals surface area contributed by atoms with Crippen LogP contribution in [-0.4, -0.2) is 15.5 Å². The molecule has 3 N–H and O–H groups in total. The standard InChI is InChI=1S/C13H14N4O2/c1-8(18)15-12-13(19)17(2)7-11(16-12)9-4-3-5-10(14)6-9/h3-7H,14H2,1-2H3,(H,15,16,18). The number of hydrogen-bond donors (Lipinski definition) is 2.